The summed E-state index contributed by atoms with van der Waals surface area (Å²) in [5.41, 5.74) is 0.514. The van der Waals surface area contributed by atoms with E-state index in [0.717, 1.165) is 25.0 Å². The number of carbonyl (C=O) groups is 3. The Bertz CT molecular complexity index is 805. The molecule has 0 radical (unpaired) electrons. The van der Waals surface area contributed by atoms with E-state index in [2.05, 4.69) is 0 Å². The Morgan fingerprint density at radius 1 is 0.933 bits per heavy atom. The molecule has 7 nitrogen and oxygen atoms in total. The number of carbonyl (C=O) groups excluding carboxylic acids is 3. The van der Waals surface area contributed by atoms with Gasteiger partial charge < -0.3 is 14.7 Å². The van der Waals surface area contributed by atoms with Crippen molar-refractivity contribution in [1.29, 1.82) is 0 Å². The second-order valence-corrected chi connectivity index (χ2v) is 7.92. The zero-order valence-corrected chi connectivity index (χ0v) is 17.4. The van der Waals surface area contributed by atoms with Crippen LogP contribution in [0.1, 0.15) is 31.4 Å². The first kappa shape index (κ1) is 22.1. The highest BCUT2D eigenvalue weighted by Crippen LogP contribution is 2.21. The molecule has 0 bridgehead atoms. The lowest BCUT2D eigenvalue weighted by molar-refractivity contribution is -0.152. The number of rotatable bonds is 4. The first-order valence-electron chi connectivity index (χ1n) is 10.3. The molecule has 0 N–H and O–H groups in total. The van der Waals surface area contributed by atoms with Crippen molar-refractivity contribution in [2.75, 3.05) is 52.9 Å². The van der Waals surface area contributed by atoms with Gasteiger partial charge in [-0.1, -0.05) is 6.07 Å². The van der Waals surface area contributed by atoms with Crippen LogP contribution in [0.4, 0.5) is 8.78 Å². The van der Waals surface area contributed by atoms with Crippen molar-refractivity contribution in [3.63, 3.8) is 0 Å². The molecular formula is C21H28F2N4O3. The van der Waals surface area contributed by atoms with E-state index in [1.54, 1.807) is 23.8 Å². The minimum absolute atomic E-state index is 0.153. The molecule has 3 amide bonds. The van der Waals surface area contributed by atoms with E-state index in [4.69, 9.17) is 0 Å². The van der Waals surface area contributed by atoms with Gasteiger partial charge in [-0.2, -0.15) is 0 Å². The summed E-state index contributed by atoms with van der Waals surface area (Å²) in [6.45, 7) is 4.99. The van der Waals surface area contributed by atoms with Crippen molar-refractivity contribution in [2.45, 2.75) is 25.8 Å². The first-order chi connectivity index (χ1) is 14.3. The van der Waals surface area contributed by atoms with Crippen molar-refractivity contribution in [1.82, 2.24) is 19.6 Å². The summed E-state index contributed by atoms with van der Waals surface area (Å²) in [5, 5.41) is 0. The predicted octanol–water partition coefficient (Wildman–Crippen LogP) is 1.25. The van der Waals surface area contributed by atoms with Crippen LogP contribution < -0.4 is 0 Å². The fourth-order valence-corrected chi connectivity index (χ4v) is 3.81. The largest absolute Gasteiger partial charge is 0.338 e. The Kier molecular flexibility index (Phi) is 7.02. The molecule has 30 heavy (non-hydrogen) atoms. The molecule has 2 fully saturated rings. The molecule has 0 aromatic heterocycles. The van der Waals surface area contributed by atoms with Gasteiger partial charge in [0.05, 0.1) is 12.6 Å². The maximum absolute atomic E-state index is 13.5. The first-order valence-corrected chi connectivity index (χ1v) is 10.3. The number of nitrogens with zero attached hydrogens (tertiary/aromatic N) is 4. The lowest BCUT2D eigenvalue weighted by atomic mass is 10.1. The van der Waals surface area contributed by atoms with Gasteiger partial charge in [0.2, 0.25) is 5.91 Å². The third-order valence-corrected chi connectivity index (χ3v) is 6.00. The molecule has 2 aliphatic rings. The van der Waals surface area contributed by atoms with Gasteiger partial charge in [-0.05, 0) is 37.5 Å². The number of hydrogen-bond acceptors (Lipinski definition) is 4. The van der Waals surface area contributed by atoms with E-state index >= 15 is 0 Å². The van der Waals surface area contributed by atoms with Crippen LogP contribution in [0.2, 0.25) is 0 Å². The molecule has 0 spiro atoms. The zero-order valence-electron chi connectivity index (χ0n) is 17.4. The number of benzene rings is 1. The summed E-state index contributed by atoms with van der Waals surface area (Å²) < 4.78 is 26.6. The summed E-state index contributed by atoms with van der Waals surface area (Å²) in [5.74, 6) is -2.91. The third kappa shape index (κ3) is 4.95. The Labute approximate surface area is 175 Å². The Hall–Kier alpha value is -2.55. The summed E-state index contributed by atoms with van der Waals surface area (Å²) in [6.07, 6.45) is 1.87. The minimum Gasteiger partial charge on any atom is -0.338 e. The Morgan fingerprint density at radius 2 is 1.50 bits per heavy atom. The van der Waals surface area contributed by atoms with Crippen LogP contribution in [0.15, 0.2) is 18.2 Å². The number of halogens is 2. The Balaban J connectivity index is 1.48. The van der Waals surface area contributed by atoms with Gasteiger partial charge >= 0.3 is 11.8 Å². The van der Waals surface area contributed by atoms with Crippen LogP contribution in [-0.2, 0) is 14.4 Å². The number of piperazine rings is 1. The molecule has 1 unspecified atom stereocenters. The van der Waals surface area contributed by atoms with Gasteiger partial charge in [0.25, 0.3) is 0 Å². The van der Waals surface area contributed by atoms with Gasteiger partial charge in [0, 0.05) is 46.3 Å². The molecule has 1 aromatic carbocycles. The molecule has 2 saturated heterocycles. The second kappa shape index (κ2) is 9.51. The summed E-state index contributed by atoms with van der Waals surface area (Å²) in [6, 6.07) is 3.22. The lowest BCUT2D eigenvalue weighted by Crippen LogP contribution is -2.54. The molecule has 1 aromatic rings. The highest BCUT2D eigenvalue weighted by atomic mass is 19.2. The van der Waals surface area contributed by atoms with E-state index in [0.29, 0.717) is 44.8 Å². The predicted molar refractivity (Wildman–Crippen MR) is 106 cm³/mol. The molecular weight excluding hydrogens is 394 g/mol. The average Bonchev–Trinajstić information content (AvgIpc) is 3.29. The summed E-state index contributed by atoms with van der Waals surface area (Å²) in [7, 11) is 1.63. The molecule has 2 aliphatic heterocycles. The highest BCUT2D eigenvalue weighted by Gasteiger charge is 2.31. The van der Waals surface area contributed by atoms with Gasteiger partial charge in [0.15, 0.2) is 11.6 Å². The van der Waals surface area contributed by atoms with Crippen molar-refractivity contribution in [3.8, 4) is 0 Å². The quantitative estimate of drug-likeness (QED) is 0.686. The second-order valence-electron chi connectivity index (χ2n) is 7.92. The van der Waals surface area contributed by atoms with E-state index in [9.17, 15) is 23.2 Å². The lowest BCUT2D eigenvalue weighted by Gasteiger charge is -2.36. The van der Waals surface area contributed by atoms with Crippen LogP contribution >= 0.6 is 0 Å². The molecule has 0 aliphatic carbocycles. The van der Waals surface area contributed by atoms with Crippen LogP contribution in [0.5, 0.6) is 0 Å². The average molecular weight is 422 g/mol. The van der Waals surface area contributed by atoms with Crippen molar-refractivity contribution >= 4 is 17.7 Å². The number of amides is 3. The van der Waals surface area contributed by atoms with Crippen LogP contribution in [-0.4, -0.2) is 90.2 Å². The van der Waals surface area contributed by atoms with Crippen LogP contribution in [0, 0.1) is 11.6 Å². The van der Waals surface area contributed by atoms with Gasteiger partial charge in [-0.25, -0.2) is 8.78 Å². The normalized spacial score (nSPS) is 18.4. The van der Waals surface area contributed by atoms with Crippen LogP contribution in [0.3, 0.4) is 0 Å². The molecule has 2 heterocycles. The standard InChI is InChI=1S/C21H28F2N4O3/c1-15(16-5-6-17(22)18(23)13-16)24(2)19(28)14-25-9-11-27(12-10-25)21(30)20(29)26-7-3-4-8-26/h5-6,13,15H,3-4,7-12,14H2,1-2H3. The molecule has 1 atom stereocenters. The number of hydrogen-bond donors (Lipinski definition) is 0. The Morgan fingerprint density at radius 3 is 2.07 bits per heavy atom. The van der Waals surface area contributed by atoms with Gasteiger partial charge in [-0.15, -0.1) is 0 Å². The fraction of sp³-hybridized carbons (Fsp3) is 0.571. The maximum Gasteiger partial charge on any atom is 0.312 e. The zero-order chi connectivity index (χ0) is 21.8. The van der Waals surface area contributed by atoms with Gasteiger partial charge in [-0.3, -0.25) is 19.3 Å². The van der Waals surface area contributed by atoms with E-state index in [-0.39, 0.29) is 12.5 Å². The topological polar surface area (TPSA) is 64.2 Å². The summed E-state index contributed by atoms with van der Waals surface area (Å²) >= 11 is 0. The fourth-order valence-electron chi connectivity index (χ4n) is 3.81. The molecule has 0 saturated carbocycles. The maximum atomic E-state index is 13.5. The van der Waals surface area contributed by atoms with E-state index in [1.165, 1.54) is 11.0 Å². The highest BCUT2D eigenvalue weighted by molar-refractivity contribution is 6.35. The smallest absolute Gasteiger partial charge is 0.312 e. The SMILES string of the molecule is CC(c1ccc(F)c(F)c1)N(C)C(=O)CN1CCN(C(=O)C(=O)N2CCCC2)CC1. The van der Waals surface area contributed by atoms with Gasteiger partial charge in [0.1, 0.15) is 0 Å². The van der Waals surface area contributed by atoms with Crippen LogP contribution in [0.25, 0.3) is 0 Å². The third-order valence-electron chi connectivity index (χ3n) is 6.00. The van der Waals surface area contributed by atoms with Crippen molar-refractivity contribution < 1.29 is 23.2 Å². The number of likely N-dealkylation sites (N-methyl/N-ethyl adjacent to an activating group) is 1. The molecule has 9 heteroatoms. The van der Waals surface area contributed by atoms with Crippen molar-refractivity contribution in [2.24, 2.45) is 0 Å². The molecule has 3 rings (SSSR count). The summed E-state index contributed by atoms with van der Waals surface area (Å²) in [4.78, 5) is 43.9. The van der Waals surface area contributed by atoms with E-state index in [1.807, 2.05) is 4.90 Å². The van der Waals surface area contributed by atoms with E-state index < -0.39 is 29.5 Å². The minimum atomic E-state index is -0.940. The van der Waals surface area contributed by atoms with Crippen molar-refractivity contribution in [3.05, 3.63) is 35.4 Å². The molecule has 164 valence electrons. The monoisotopic (exact) mass is 422 g/mol. The number of likely N-dealkylation sites (tertiary alicyclic amines) is 1.